The summed E-state index contributed by atoms with van der Waals surface area (Å²) in [7, 11) is 0. The van der Waals surface area contributed by atoms with Gasteiger partial charge in [-0.05, 0) is 11.1 Å². The molecule has 0 saturated carbocycles. The summed E-state index contributed by atoms with van der Waals surface area (Å²) in [5.74, 6) is 1.33. The number of urea groups is 1. The zero-order chi connectivity index (χ0) is 19.9. The van der Waals surface area contributed by atoms with Gasteiger partial charge in [-0.3, -0.25) is 0 Å². The van der Waals surface area contributed by atoms with Crippen LogP contribution in [0.4, 0.5) is 4.79 Å². The maximum absolute atomic E-state index is 12.2. The molecule has 0 spiro atoms. The second-order valence-electron chi connectivity index (χ2n) is 7.08. The maximum Gasteiger partial charge on any atom is 0.317 e. The number of nitrogens with zero attached hydrogens (tertiary/aromatic N) is 3. The molecule has 0 radical (unpaired) electrons. The van der Waals surface area contributed by atoms with E-state index >= 15 is 0 Å². The summed E-state index contributed by atoms with van der Waals surface area (Å²) < 4.78 is 11.0. The molecule has 1 saturated heterocycles. The summed E-state index contributed by atoms with van der Waals surface area (Å²) in [5, 5.41) is 6.95. The third kappa shape index (κ3) is 5.20. The lowest BCUT2D eigenvalue weighted by molar-refractivity contribution is 0.122. The van der Waals surface area contributed by atoms with Gasteiger partial charge in [0.25, 0.3) is 0 Å². The molecule has 1 aliphatic rings. The lowest BCUT2D eigenvalue weighted by atomic mass is 10.0. The highest BCUT2D eigenvalue weighted by atomic mass is 16.5. The van der Waals surface area contributed by atoms with Crippen LogP contribution in [0.15, 0.2) is 65.2 Å². The van der Waals surface area contributed by atoms with Gasteiger partial charge in [-0.1, -0.05) is 65.8 Å². The number of ether oxygens (including phenoxy) is 1. The van der Waals surface area contributed by atoms with Crippen molar-refractivity contribution in [3.63, 3.8) is 0 Å². The van der Waals surface area contributed by atoms with Crippen molar-refractivity contribution in [2.24, 2.45) is 0 Å². The number of amides is 2. The smallest absolute Gasteiger partial charge is 0.317 e. The number of hydrogen-bond acceptors (Lipinski definition) is 5. The quantitative estimate of drug-likeness (QED) is 0.596. The summed E-state index contributed by atoms with van der Waals surface area (Å²) in [6, 6.07) is 19.8. The lowest BCUT2D eigenvalue weighted by Gasteiger charge is -2.36. The maximum atomic E-state index is 12.2. The monoisotopic (exact) mass is 392 g/mol. The Morgan fingerprint density at radius 3 is 2.48 bits per heavy atom. The van der Waals surface area contributed by atoms with Crippen molar-refractivity contribution in [2.75, 3.05) is 19.7 Å². The summed E-state index contributed by atoms with van der Waals surface area (Å²) in [6.45, 7) is 2.81. The molecular formula is C22H24N4O3. The fourth-order valence-electron chi connectivity index (χ4n) is 3.15. The normalized spacial score (nSPS) is 13.9. The van der Waals surface area contributed by atoms with Gasteiger partial charge in [0.1, 0.15) is 0 Å². The highest BCUT2D eigenvalue weighted by Crippen LogP contribution is 2.25. The van der Waals surface area contributed by atoms with E-state index in [1.807, 2.05) is 60.7 Å². The van der Waals surface area contributed by atoms with E-state index in [0.29, 0.717) is 51.0 Å². The predicted molar refractivity (Wildman–Crippen MR) is 107 cm³/mol. The molecule has 0 atom stereocenters. The third-order valence-electron chi connectivity index (χ3n) is 4.87. The number of benzene rings is 2. The van der Waals surface area contributed by atoms with E-state index in [1.54, 1.807) is 4.90 Å². The third-order valence-corrected chi connectivity index (χ3v) is 4.87. The molecule has 2 amide bonds. The van der Waals surface area contributed by atoms with E-state index in [0.717, 1.165) is 11.1 Å². The summed E-state index contributed by atoms with van der Waals surface area (Å²) in [5.41, 5.74) is 2.22. The molecule has 7 heteroatoms. The molecular weight excluding hydrogens is 368 g/mol. The minimum Gasteiger partial charge on any atom is -0.376 e. The van der Waals surface area contributed by atoms with Gasteiger partial charge in [0, 0.05) is 26.1 Å². The van der Waals surface area contributed by atoms with Crippen molar-refractivity contribution in [1.29, 1.82) is 0 Å². The fourth-order valence-corrected chi connectivity index (χ4v) is 3.15. The SMILES string of the molecule is O=C(NCc1ccccc1)N1CC(c2nc(CCOCc3ccccc3)no2)C1. The van der Waals surface area contributed by atoms with Crippen LogP contribution in [0.25, 0.3) is 0 Å². The lowest BCUT2D eigenvalue weighted by Crippen LogP contribution is -2.52. The van der Waals surface area contributed by atoms with Crippen LogP contribution in [0, 0.1) is 0 Å². The molecule has 0 aliphatic carbocycles. The number of nitrogens with one attached hydrogen (secondary N) is 1. The Kier molecular flexibility index (Phi) is 6.16. The van der Waals surface area contributed by atoms with E-state index in [4.69, 9.17) is 9.26 Å². The van der Waals surface area contributed by atoms with Crippen LogP contribution in [0.5, 0.6) is 0 Å². The van der Waals surface area contributed by atoms with Crippen LogP contribution >= 0.6 is 0 Å². The molecule has 0 unspecified atom stereocenters. The van der Waals surface area contributed by atoms with Crippen LogP contribution in [0.1, 0.15) is 28.8 Å². The standard InChI is InChI=1S/C22H24N4O3/c27-22(23-13-17-7-3-1-4-8-17)26-14-19(15-26)21-24-20(25-29-21)11-12-28-16-18-9-5-2-6-10-18/h1-10,19H,11-16H2,(H,23,27). The molecule has 1 aromatic heterocycles. The second kappa shape index (κ2) is 9.34. The number of hydrogen-bond donors (Lipinski definition) is 1. The number of likely N-dealkylation sites (tertiary alicyclic amines) is 1. The van der Waals surface area contributed by atoms with E-state index in [2.05, 4.69) is 15.5 Å². The molecule has 4 rings (SSSR count). The van der Waals surface area contributed by atoms with E-state index in [1.165, 1.54) is 0 Å². The van der Waals surface area contributed by atoms with Crippen LogP contribution in [-0.4, -0.2) is 40.8 Å². The van der Waals surface area contributed by atoms with Gasteiger partial charge in [0.15, 0.2) is 5.82 Å². The van der Waals surface area contributed by atoms with Crippen molar-refractivity contribution >= 4 is 6.03 Å². The predicted octanol–water partition coefficient (Wildman–Crippen LogP) is 3.14. The van der Waals surface area contributed by atoms with Gasteiger partial charge in [-0.15, -0.1) is 0 Å². The van der Waals surface area contributed by atoms with Gasteiger partial charge >= 0.3 is 6.03 Å². The van der Waals surface area contributed by atoms with Gasteiger partial charge in [0.05, 0.1) is 19.1 Å². The van der Waals surface area contributed by atoms with Gasteiger partial charge in [0.2, 0.25) is 5.89 Å². The highest BCUT2D eigenvalue weighted by Gasteiger charge is 2.35. The Labute approximate surface area is 169 Å². The minimum atomic E-state index is -0.0702. The largest absolute Gasteiger partial charge is 0.376 e. The Bertz CT molecular complexity index is 908. The Balaban J connectivity index is 1.15. The van der Waals surface area contributed by atoms with Crippen LogP contribution < -0.4 is 5.32 Å². The molecule has 1 N–H and O–H groups in total. The Morgan fingerprint density at radius 2 is 1.76 bits per heavy atom. The fraction of sp³-hybridized carbons (Fsp3) is 0.318. The molecule has 3 aromatic rings. The molecule has 2 heterocycles. The number of aromatic nitrogens is 2. The van der Waals surface area contributed by atoms with E-state index in [-0.39, 0.29) is 11.9 Å². The average molecular weight is 392 g/mol. The van der Waals surface area contributed by atoms with E-state index < -0.39 is 0 Å². The zero-order valence-electron chi connectivity index (χ0n) is 16.2. The molecule has 2 aromatic carbocycles. The van der Waals surface area contributed by atoms with E-state index in [9.17, 15) is 4.79 Å². The first kappa shape index (κ1) is 19.1. The number of carbonyl (C=O) groups is 1. The van der Waals surface area contributed by atoms with Crippen molar-refractivity contribution in [1.82, 2.24) is 20.4 Å². The van der Waals surface area contributed by atoms with Crippen molar-refractivity contribution < 1.29 is 14.1 Å². The van der Waals surface area contributed by atoms with Crippen molar-refractivity contribution in [2.45, 2.75) is 25.5 Å². The minimum absolute atomic E-state index is 0.0702. The first-order valence-corrected chi connectivity index (χ1v) is 9.79. The van der Waals surface area contributed by atoms with Gasteiger partial charge in [-0.25, -0.2) is 4.79 Å². The zero-order valence-corrected chi connectivity index (χ0v) is 16.2. The summed E-state index contributed by atoms with van der Waals surface area (Å²) >= 11 is 0. The van der Waals surface area contributed by atoms with Crippen LogP contribution in [0.2, 0.25) is 0 Å². The van der Waals surface area contributed by atoms with Crippen LogP contribution in [-0.2, 0) is 24.3 Å². The molecule has 0 bridgehead atoms. The molecule has 7 nitrogen and oxygen atoms in total. The number of carbonyl (C=O) groups excluding carboxylic acids is 1. The van der Waals surface area contributed by atoms with Gasteiger partial charge in [-0.2, -0.15) is 4.98 Å². The average Bonchev–Trinajstić information content (AvgIpc) is 3.18. The van der Waals surface area contributed by atoms with Gasteiger partial charge < -0.3 is 19.5 Å². The van der Waals surface area contributed by atoms with Crippen LogP contribution in [0.3, 0.4) is 0 Å². The topological polar surface area (TPSA) is 80.5 Å². The first-order chi connectivity index (χ1) is 14.3. The second-order valence-corrected chi connectivity index (χ2v) is 7.08. The summed E-state index contributed by atoms with van der Waals surface area (Å²) in [4.78, 5) is 18.4. The Hall–Kier alpha value is -3.19. The molecule has 1 aliphatic heterocycles. The van der Waals surface area contributed by atoms with Crippen molar-refractivity contribution in [3.8, 4) is 0 Å². The first-order valence-electron chi connectivity index (χ1n) is 9.79. The summed E-state index contributed by atoms with van der Waals surface area (Å²) in [6.07, 6.45) is 0.602. The molecule has 150 valence electrons. The molecule has 29 heavy (non-hydrogen) atoms. The van der Waals surface area contributed by atoms with Crippen molar-refractivity contribution in [3.05, 3.63) is 83.5 Å². The highest BCUT2D eigenvalue weighted by molar-refractivity contribution is 5.75. The molecule has 1 fully saturated rings. The number of rotatable bonds is 8. The Morgan fingerprint density at radius 1 is 1.07 bits per heavy atom.